The molecule has 15 heteroatoms. The number of Topliss-reactive ketones (excluding diaryl/α,β-unsaturated/α-hetero) is 3. The summed E-state index contributed by atoms with van der Waals surface area (Å²) in [4.78, 5) is 95.9. The molecule has 0 saturated heterocycles. The van der Waals surface area contributed by atoms with E-state index in [-0.39, 0.29) is 49.4 Å². The van der Waals surface area contributed by atoms with E-state index in [2.05, 4.69) is 21.3 Å². The van der Waals surface area contributed by atoms with Gasteiger partial charge in [0, 0.05) is 0 Å². The third kappa shape index (κ3) is 17.8. The molecule has 0 aliphatic carbocycles. The van der Waals surface area contributed by atoms with Gasteiger partial charge >= 0.3 is 0 Å². The molecule has 2 rings (SSSR count). The van der Waals surface area contributed by atoms with Gasteiger partial charge in [-0.3, -0.25) is 33.6 Å². The van der Waals surface area contributed by atoms with E-state index in [1.54, 1.807) is 60.7 Å². The molecule has 0 aliphatic rings. The van der Waals surface area contributed by atoms with Crippen molar-refractivity contribution in [1.29, 1.82) is 0 Å². The number of benzene rings is 2. The maximum atomic E-state index is 14.1. The normalized spacial score (nSPS) is 15.6. The molecule has 0 radical (unpaired) electrons. The third-order valence-electron chi connectivity index (χ3n) is 9.69. The molecule has 8 N–H and O–H groups in total. The number of amides is 4. The molecule has 0 bridgehead atoms. The van der Waals surface area contributed by atoms with E-state index in [1.807, 2.05) is 55.4 Å². The second-order valence-electron chi connectivity index (χ2n) is 17.3. The van der Waals surface area contributed by atoms with E-state index in [4.69, 9.17) is 34.7 Å². The van der Waals surface area contributed by atoms with E-state index in [9.17, 15) is 33.6 Å². The summed E-state index contributed by atoms with van der Waals surface area (Å²) in [5.41, 5.74) is 13.5. The molecular formula is C45H66Cl2N6O7. The van der Waals surface area contributed by atoms with Crippen molar-refractivity contribution in [3.8, 4) is 0 Å². The Labute approximate surface area is 365 Å². The highest BCUT2D eigenvalue weighted by molar-refractivity contribution is 6.53. The van der Waals surface area contributed by atoms with Gasteiger partial charge in [-0.15, -0.1) is 23.2 Å². The first-order valence-corrected chi connectivity index (χ1v) is 21.7. The summed E-state index contributed by atoms with van der Waals surface area (Å²) in [5, 5.41) is 6.84. The summed E-state index contributed by atoms with van der Waals surface area (Å²) < 4.78 is 0. The van der Waals surface area contributed by atoms with Gasteiger partial charge in [-0.1, -0.05) is 116 Å². The van der Waals surface area contributed by atoms with Gasteiger partial charge in [0.25, 0.3) is 0 Å². The zero-order chi connectivity index (χ0) is 45.3. The van der Waals surface area contributed by atoms with Crippen LogP contribution >= 0.6 is 23.2 Å². The topological polar surface area (TPSA) is 220 Å². The summed E-state index contributed by atoms with van der Waals surface area (Å²) >= 11 is 13.2. The molecule has 2 unspecified atom stereocenters. The second-order valence-corrected chi connectivity index (χ2v) is 18.2. The molecule has 4 amide bonds. The maximum Gasteiger partial charge on any atom is 0.243 e. The Morgan fingerprint density at radius 2 is 0.717 bits per heavy atom. The highest BCUT2D eigenvalue weighted by Gasteiger charge is 2.41. The molecule has 2 aromatic carbocycles. The minimum absolute atomic E-state index is 0.0419. The lowest BCUT2D eigenvalue weighted by Gasteiger charge is -2.27. The third-order valence-corrected chi connectivity index (χ3v) is 10.5. The van der Waals surface area contributed by atoms with Gasteiger partial charge in [0.2, 0.25) is 23.6 Å². The van der Waals surface area contributed by atoms with Crippen molar-refractivity contribution in [2.24, 2.45) is 35.1 Å². The van der Waals surface area contributed by atoms with Crippen molar-refractivity contribution in [3.63, 3.8) is 0 Å². The number of nitrogens with one attached hydrogen (secondary N) is 4. The van der Waals surface area contributed by atoms with Gasteiger partial charge < -0.3 is 32.7 Å². The van der Waals surface area contributed by atoms with Crippen LogP contribution in [0.1, 0.15) is 92.2 Å². The quantitative estimate of drug-likeness (QED) is 0.0590. The molecule has 60 heavy (non-hydrogen) atoms. The molecule has 0 aliphatic heterocycles. The SMILES string of the molecule is CC(C)C[C@H](NC(=O)[C@@H](N)CC(C)C)C(=O)N[C@@H](Cc1ccccc1)C(=O)C(Cl)C(=O)C(Cl)C(=O)[C@H](Cc1ccccc1)NC(=O)[C@H](CC(C)C)NC(=O)[C@@H](N)CC(C)C. The minimum atomic E-state index is -1.99. The van der Waals surface area contributed by atoms with Crippen LogP contribution < -0.4 is 32.7 Å². The summed E-state index contributed by atoms with van der Waals surface area (Å²) in [6, 6.07) is 10.8. The Kier molecular flexibility index (Phi) is 22.1. The van der Waals surface area contributed by atoms with E-state index in [0.717, 1.165) is 0 Å². The molecule has 332 valence electrons. The van der Waals surface area contributed by atoms with Crippen LogP contribution in [0.2, 0.25) is 0 Å². The van der Waals surface area contributed by atoms with Crippen LogP contribution in [0.25, 0.3) is 0 Å². The predicted octanol–water partition coefficient (Wildman–Crippen LogP) is 4.17. The highest BCUT2D eigenvalue weighted by Crippen LogP contribution is 2.18. The van der Waals surface area contributed by atoms with Crippen LogP contribution in [0, 0.1) is 23.7 Å². The fourth-order valence-corrected chi connectivity index (χ4v) is 7.27. The molecule has 0 fully saturated rings. The predicted molar refractivity (Wildman–Crippen MR) is 236 cm³/mol. The van der Waals surface area contributed by atoms with Crippen molar-refractivity contribution in [3.05, 3.63) is 71.8 Å². The standard InChI is InChI=1S/C45H66Cl2N6O7/c1-25(2)19-31(48)42(57)52-35(21-27(5)6)44(59)50-33(23-29-15-11-9-12-16-29)39(54)37(46)41(56)38(47)40(55)34(24-30-17-13-10-14-18-30)51-45(60)36(22-28(7)8)53-43(58)32(49)20-26(3)4/h9-18,25-28,31-38H,19-24,48-49H2,1-8H3,(H,50,59)(H,51,60)(H,52,57)(H,53,58)/t31-,32-,33-,34-,35-,36-,37?,38?/m0/s1. The number of halogens is 2. The largest absolute Gasteiger partial charge is 0.344 e. The van der Waals surface area contributed by atoms with Gasteiger partial charge in [0.1, 0.15) is 12.1 Å². The molecule has 0 saturated carbocycles. The fourth-order valence-electron chi connectivity index (χ4n) is 6.65. The fraction of sp³-hybridized carbons (Fsp3) is 0.578. The Morgan fingerprint density at radius 3 is 1.00 bits per heavy atom. The smallest absolute Gasteiger partial charge is 0.243 e. The number of carbonyl (C=O) groups is 7. The molecule has 0 heterocycles. The minimum Gasteiger partial charge on any atom is -0.344 e. The van der Waals surface area contributed by atoms with Gasteiger partial charge in [0.15, 0.2) is 28.1 Å². The number of hydrogen-bond donors (Lipinski definition) is 6. The first kappa shape index (κ1) is 52.0. The maximum absolute atomic E-state index is 14.1. The molecular weight excluding hydrogens is 807 g/mol. The second kappa shape index (κ2) is 25.6. The van der Waals surface area contributed by atoms with Crippen molar-refractivity contribution >= 4 is 64.2 Å². The monoisotopic (exact) mass is 872 g/mol. The lowest BCUT2D eigenvalue weighted by atomic mass is 9.93. The Hall–Kier alpha value is -4.17. The first-order chi connectivity index (χ1) is 28.1. The molecule has 0 spiro atoms. The summed E-state index contributed by atoms with van der Waals surface area (Å²) in [6.07, 6.45) is 1.08. The highest BCUT2D eigenvalue weighted by atomic mass is 35.5. The Bertz CT molecular complexity index is 1600. The van der Waals surface area contributed by atoms with Crippen molar-refractivity contribution in [2.45, 2.75) is 141 Å². The average molecular weight is 874 g/mol. The lowest BCUT2D eigenvalue weighted by molar-refractivity contribution is -0.135. The van der Waals surface area contributed by atoms with Gasteiger partial charge in [-0.2, -0.15) is 0 Å². The Balaban J connectivity index is 2.42. The molecule has 13 nitrogen and oxygen atoms in total. The van der Waals surface area contributed by atoms with Crippen molar-refractivity contribution in [2.75, 3.05) is 0 Å². The lowest BCUT2D eigenvalue weighted by Crippen LogP contribution is -2.58. The molecule has 2 aromatic rings. The van der Waals surface area contributed by atoms with Crippen LogP contribution in [0.3, 0.4) is 0 Å². The number of alkyl halides is 2. The van der Waals surface area contributed by atoms with Crippen LogP contribution in [0.5, 0.6) is 0 Å². The van der Waals surface area contributed by atoms with E-state index < -0.39 is 88.0 Å². The molecule has 0 aromatic heterocycles. The number of nitrogens with two attached hydrogens (primary N) is 2. The molecule has 8 atom stereocenters. The summed E-state index contributed by atoms with van der Waals surface area (Å²) in [6.45, 7) is 15.2. The zero-order valence-electron chi connectivity index (χ0n) is 36.2. The van der Waals surface area contributed by atoms with Crippen LogP contribution in [-0.4, -0.2) is 88.0 Å². The number of hydrogen-bond acceptors (Lipinski definition) is 9. The first-order valence-electron chi connectivity index (χ1n) is 20.8. The van der Waals surface area contributed by atoms with Crippen molar-refractivity contribution in [1.82, 2.24) is 21.3 Å². The number of carbonyl (C=O) groups excluding carboxylic acids is 7. The number of ketones is 3. The van der Waals surface area contributed by atoms with Gasteiger partial charge in [-0.05, 0) is 73.3 Å². The van der Waals surface area contributed by atoms with E-state index in [1.165, 1.54) is 0 Å². The van der Waals surface area contributed by atoms with Crippen LogP contribution in [0.4, 0.5) is 0 Å². The summed E-state index contributed by atoms with van der Waals surface area (Å²) in [5.74, 6) is -5.23. The van der Waals surface area contributed by atoms with Crippen LogP contribution in [0.15, 0.2) is 60.7 Å². The van der Waals surface area contributed by atoms with E-state index in [0.29, 0.717) is 24.0 Å². The van der Waals surface area contributed by atoms with Crippen LogP contribution in [-0.2, 0) is 46.4 Å². The number of rotatable bonds is 26. The average Bonchev–Trinajstić information content (AvgIpc) is 3.18. The van der Waals surface area contributed by atoms with Gasteiger partial charge in [-0.25, -0.2) is 0 Å². The van der Waals surface area contributed by atoms with Crippen molar-refractivity contribution < 1.29 is 33.6 Å². The van der Waals surface area contributed by atoms with Gasteiger partial charge in [0.05, 0.1) is 24.2 Å². The zero-order valence-corrected chi connectivity index (χ0v) is 37.7. The Morgan fingerprint density at radius 1 is 0.433 bits per heavy atom. The summed E-state index contributed by atoms with van der Waals surface area (Å²) in [7, 11) is 0. The van der Waals surface area contributed by atoms with E-state index >= 15 is 0 Å².